The van der Waals surface area contributed by atoms with Crippen molar-refractivity contribution in [1.82, 2.24) is 0 Å². The Balaban J connectivity index is 1.80. The van der Waals surface area contributed by atoms with E-state index in [2.05, 4.69) is 10.5 Å². The van der Waals surface area contributed by atoms with Crippen LogP contribution in [0.1, 0.15) is 23.6 Å². The highest BCUT2D eigenvalue weighted by Gasteiger charge is 2.05. The van der Waals surface area contributed by atoms with Gasteiger partial charge in [-0.05, 0) is 67.8 Å². The molecule has 2 aromatic rings. The van der Waals surface area contributed by atoms with Crippen LogP contribution in [-0.4, -0.2) is 25.3 Å². The number of benzene rings is 2. The highest BCUT2D eigenvalue weighted by Crippen LogP contribution is 2.16. The van der Waals surface area contributed by atoms with Crippen molar-refractivity contribution in [3.63, 3.8) is 0 Å². The van der Waals surface area contributed by atoms with E-state index in [0.29, 0.717) is 6.61 Å². The van der Waals surface area contributed by atoms with Gasteiger partial charge >= 0.3 is 0 Å². The number of nitrogens with one attached hydrogen (secondary N) is 1. The van der Waals surface area contributed by atoms with Crippen LogP contribution >= 0.6 is 0 Å². The molecule has 5 nitrogen and oxygen atoms in total. The van der Waals surface area contributed by atoms with E-state index < -0.39 is 0 Å². The molecule has 0 radical (unpaired) electrons. The van der Waals surface area contributed by atoms with Crippen LogP contribution in [0.3, 0.4) is 0 Å². The second-order valence-corrected chi connectivity index (χ2v) is 5.38. The molecule has 0 aliphatic carbocycles. The van der Waals surface area contributed by atoms with Gasteiger partial charge in [0.15, 0.2) is 6.61 Å². The van der Waals surface area contributed by atoms with Crippen LogP contribution < -0.4 is 10.1 Å². The number of nitrogens with zero attached hydrogens (tertiary/aromatic N) is 1. The molecular formula is C19H22N2O3. The summed E-state index contributed by atoms with van der Waals surface area (Å²) in [5, 5.41) is 6.63. The zero-order valence-electron chi connectivity index (χ0n) is 14.2. The van der Waals surface area contributed by atoms with Crippen molar-refractivity contribution >= 4 is 17.8 Å². The fraction of sp³-hybridized carbons (Fsp3) is 0.263. The van der Waals surface area contributed by atoms with E-state index in [9.17, 15) is 4.79 Å². The molecule has 126 valence electrons. The summed E-state index contributed by atoms with van der Waals surface area (Å²) in [6.07, 6.45) is 1.56. The number of carbonyl (C=O) groups is 1. The molecule has 0 bridgehead atoms. The molecule has 2 rings (SSSR count). The van der Waals surface area contributed by atoms with E-state index in [1.54, 1.807) is 6.21 Å². The zero-order valence-corrected chi connectivity index (χ0v) is 14.2. The minimum absolute atomic E-state index is 0.138. The van der Waals surface area contributed by atoms with Crippen molar-refractivity contribution < 1.29 is 14.4 Å². The third-order valence-electron chi connectivity index (χ3n) is 3.33. The smallest absolute Gasteiger partial charge is 0.265 e. The Morgan fingerprint density at radius 1 is 1.17 bits per heavy atom. The predicted molar refractivity (Wildman–Crippen MR) is 95.7 cm³/mol. The van der Waals surface area contributed by atoms with Crippen molar-refractivity contribution in [1.29, 1.82) is 0 Å². The number of ether oxygens (including phenoxy) is 1. The molecule has 1 N–H and O–H groups in total. The fourth-order valence-corrected chi connectivity index (χ4v) is 2.07. The Morgan fingerprint density at radius 3 is 2.62 bits per heavy atom. The van der Waals surface area contributed by atoms with Gasteiger partial charge in [-0.3, -0.25) is 4.79 Å². The molecule has 5 heteroatoms. The van der Waals surface area contributed by atoms with Gasteiger partial charge in [-0.25, -0.2) is 0 Å². The minimum Gasteiger partial charge on any atom is -0.494 e. The number of rotatable bonds is 7. The van der Waals surface area contributed by atoms with E-state index >= 15 is 0 Å². The van der Waals surface area contributed by atoms with Crippen LogP contribution in [0.25, 0.3) is 0 Å². The molecule has 0 fully saturated rings. The Morgan fingerprint density at radius 2 is 1.92 bits per heavy atom. The van der Waals surface area contributed by atoms with E-state index in [1.807, 2.05) is 63.2 Å². The van der Waals surface area contributed by atoms with Crippen molar-refractivity contribution in [2.24, 2.45) is 5.16 Å². The summed E-state index contributed by atoms with van der Waals surface area (Å²) >= 11 is 0. The van der Waals surface area contributed by atoms with Crippen molar-refractivity contribution in [3.8, 4) is 5.75 Å². The first-order chi connectivity index (χ1) is 11.6. The van der Waals surface area contributed by atoms with Gasteiger partial charge in [-0.1, -0.05) is 17.3 Å². The average Bonchev–Trinajstić information content (AvgIpc) is 2.57. The maximum Gasteiger partial charge on any atom is 0.265 e. The molecule has 0 heterocycles. The lowest BCUT2D eigenvalue weighted by molar-refractivity contribution is -0.120. The number of anilines is 1. The van der Waals surface area contributed by atoms with E-state index in [1.165, 1.54) is 0 Å². The molecule has 0 saturated carbocycles. The number of amides is 1. The van der Waals surface area contributed by atoms with Crippen molar-refractivity contribution in [3.05, 3.63) is 59.2 Å². The van der Waals surface area contributed by atoms with Crippen LogP contribution in [0.15, 0.2) is 47.6 Å². The third-order valence-corrected chi connectivity index (χ3v) is 3.33. The number of aryl methyl sites for hydroxylation is 2. The Labute approximate surface area is 142 Å². The van der Waals surface area contributed by atoms with Gasteiger partial charge in [-0.15, -0.1) is 0 Å². The van der Waals surface area contributed by atoms with Gasteiger partial charge in [0.2, 0.25) is 0 Å². The third kappa shape index (κ3) is 5.43. The summed E-state index contributed by atoms with van der Waals surface area (Å²) in [6, 6.07) is 13.4. The molecule has 0 unspecified atom stereocenters. The average molecular weight is 326 g/mol. The Kier molecular flexibility index (Phi) is 6.37. The fourth-order valence-electron chi connectivity index (χ4n) is 2.07. The predicted octanol–water partition coefficient (Wildman–Crippen LogP) is 3.69. The SMILES string of the molecule is CCOc1ccc(/C=N\OCC(=O)Nc2cc(C)ccc2C)cc1. The molecule has 2 aromatic carbocycles. The van der Waals surface area contributed by atoms with E-state index in [0.717, 1.165) is 28.1 Å². The van der Waals surface area contributed by atoms with Crippen LogP contribution in [0.4, 0.5) is 5.69 Å². The summed E-state index contributed by atoms with van der Waals surface area (Å²) in [5.74, 6) is 0.566. The van der Waals surface area contributed by atoms with Gasteiger partial charge in [0.25, 0.3) is 5.91 Å². The van der Waals surface area contributed by atoms with Gasteiger partial charge < -0.3 is 14.9 Å². The zero-order chi connectivity index (χ0) is 17.4. The number of carbonyl (C=O) groups excluding carboxylic acids is 1. The quantitative estimate of drug-likeness (QED) is 0.623. The molecule has 0 aliphatic heterocycles. The molecule has 24 heavy (non-hydrogen) atoms. The first kappa shape index (κ1) is 17.5. The number of oxime groups is 1. The maximum atomic E-state index is 11.9. The Hall–Kier alpha value is -2.82. The molecular weight excluding hydrogens is 304 g/mol. The van der Waals surface area contributed by atoms with Crippen LogP contribution in [0.2, 0.25) is 0 Å². The maximum absolute atomic E-state index is 11.9. The highest BCUT2D eigenvalue weighted by atomic mass is 16.6. The molecule has 0 saturated heterocycles. The number of hydrogen-bond donors (Lipinski definition) is 1. The monoisotopic (exact) mass is 326 g/mol. The normalized spacial score (nSPS) is 10.6. The lowest BCUT2D eigenvalue weighted by Gasteiger charge is -2.08. The lowest BCUT2D eigenvalue weighted by atomic mass is 10.1. The highest BCUT2D eigenvalue weighted by molar-refractivity contribution is 5.92. The minimum atomic E-state index is -0.243. The second kappa shape index (κ2) is 8.72. The molecule has 0 aliphatic rings. The van der Waals surface area contributed by atoms with Crippen LogP contribution in [-0.2, 0) is 9.63 Å². The topological polar surface area (TPSA) is 59.9 Å². The number of hydrogen-bond acceptors (Lipinski definition) is 4. The Bertz CT molecular complexity index is 709. The van der Waals surface area contributed by atoms with Crippen LogP contribution in [0.5, 0.6) is 5.75 Å². The first-order valence-electron chi connectivity index (χ1n) is 7.84. The van der Waals surface area contributed by atoms with Gasteiger partial charge in [0.1, 0.15) is 5.75 Å². The largest absolute Gasteiger partial charge is 0.494 e. The molecule has 1 amide bonds. The van der Waals surface area contributed by atoms with Crippen molar-refractivity contribution in [2.75, 3.05) is 18.5 Å². The van der Waals surface area contributed by atoms with Gasteiger partial charge in [0.05, 0.1) is 12.8 Å². The van der Waals surface area contributed by atoms with Crippen LogP contribution in [0, 0.1) is 13.8 Å². The second-order valence-electron chi connectivity index (χ2n) is 5.38. The van der Waals surface area contributed by atoms with Crippen molar-refractivity contribution in [2.45, 2.75) is 20.8 Å². The van der Waals surface area contributed by atoms with Gasteiger partial charge in [0, 0.05) is 5.69 Å². The summed E-state index contributed by atoms with van der Waals surface area (Å²) < 4.78 is 5.36. The first-order valence-corrected chi connectivity index (χ1v) is 7.84. The molecule has 0 aromatic heterocycles. The molecule has 0 spiro atoms. The summed E-state index contributed by atoms with van der Waals surface area (Å²) in [7, 11) is 0. The summed E-state index contributed by atoms with van der Waals surface area (Å²) in [4.78, 5) is 16.9. The lowest BCUT2D eigenvalue weighted by Crippen LogP contribution is -2.17. The van der Waals surface area contributed by atoms with Gasteiger partial charge in [-0.2, -0.15) is 0 Å². The summed E-state index contributed by atoms with van der Waals surface area (Å²) in [5.41, 5.74) is 3.75. The standard InChI is InChI=1S/C19H22N2O3/c1-4-23-17-9-7-16(8-10-17)12-20-24-13-19(22)21-18-11-14(2)5-6-15(18)3/h5-12H,4,13H2,1-3H3,(H,21,22)/b20-12-. The van der Waals surface area contributed by atoms with E-state index in [-0.39, 0.29) is 12.5 Å². The summed E-state index contributed by atoms with van der Waals surface area (Å²) in [6.45, 7) is 6.35. The molecule has 0 atom stereocenters. The van der Waals surface area contributed by atoms with E-state index in [4.69, 9.17) is 9.57 Å².